The monoisotopic (exact) mass is 690 g/mol. The quantitative estimate of drug-likeness (QED) is 0.142. The molecule has 50 heavy (non-hydrogen) atoms. The smallest absolute Gasteiger partial charge is 0.194 e. The van der Waals surface area contributed by atoms with Crippen molar-refractivity contribution in [3.05, 3.63) is 186 Å². The standard InChI is InChI=1S/C37H19F9N4/c38-18-9-15(10-19(39)35(18)44)32-26-3-1-24(47-26)25-2-4-27(48-25)33(16-11-20(40)36(45)21(41)12-16)29-6-8-31(50-29)34(30-7-5-28(32)49-30)17-13-22(42)37(46)23(43)14-17/h1,3-14,47-50H,2H2. The van der Waals surface area contributed by atoms with E-state index in [2.05, 4.69) is 20.3 Å². The maximum Gasteiger partial charge on any atom is 0.194 e. The average Bonchev–Trinajstić information content (AvgIpc) is 3.90. The normalized spacial score (nSPS) is 14.1. The van der Waals surface area contributed by atoms with Crippen LogP contribution in [0.25, 0.3) is 22.4 Å². The van der Waals surface area contributed by atoms with Gasteiger partial charge in [0.25, 0.3) is 0 Å². The Morgan fingerprint density at radius 2 is 0.760 bits per heavy atom. The van der Waals surface area contributed by atoms with Crippen molar-refractivity contribution >= 4 is 22.4 Å². The van der Waals surface area contributed by atoms with Gasteiger partial charge in [0.05, 0.1) is 5.35 Å². The van der Waals surface area contributed by atoms with Gasteiger partial charge in [-0.15, -0.1) is 0 Å². The van der Waals surface area contributed by atoms with Gasteiger partial charge in [-0.05, 0) is 89.5 Å². The highest BCUT2D eigenvalue weighted by molar-refractivity contribution is 5.84. The molecule has 0 aliphatic carbocycles. The molecule has 250 valence electrons. The molecular formula is C37H19F9N4. The lowest BCUT2D eigenvalue weighted by Crippen LogP contribution is -2.23. The first-order valence-electron chi connectivity index (χ1n) is 14.9. The third-order valence-electron chi connectivity index (χ3n) is 8.61. The van der Waals surface area contributed by atoms with E-state index < -0.39 is 52.4 Å². The van der Waals surface area contributed by atoms with Gasteiger partial charge in [-0.2, -0.15) is 0 Å². The molecule has 3 aromatic carbocycles. The summed E-state index contributed by atoms with van der Waals surface area (Å²) in [6.45, 7) is 0. The fourth-order valence-electron chi connectivity index (χ4n) is 6.37. The Kier molecular flexibility index (Phi) is 7.17. The molecule has 0 amide bonds. The molecule has 2 aliphatic rings. The highest BCUT2D eigenvalue weighted by Crippen LogP contribution is 2.30. The van der Waals surface area contributed by atoms with Crippen LogP contribution >= 0.6 is 0 Å². The van der Waals surface area contributed by atoms with Gasteiger partial charge in [0.1, 0.15) is 0 Å². The van der Waals surface area contributed by atoms with Crippen LogP contribution in [0, 0.1) is 52.4 Å². The number of aromatic amines is 3. The van der Waals surface area contributed by atoms with Crippen LogP contribution in [0.5, 0.6) is 0 Å². The molecule has 8 bridgehead atoms. The maximum absolute atomic E-state index is 14.7. The van der Waals surface area contributed by atoms with Crippen LogP contribution in [-0.2, 0) is 0 Å². The molecule has 0 saturated heterocycles. The first-order valence-corrected chi connectivity index (χ1v) is 14.9. The molecule has 0 atom stereocenters. The third-order valence-corrected chi connectivity index (χ3v) is 8.61. The first-order chi connectivity index (χ1) is 24.0. The number of hydrogen-bond donors (Lipinski definition) is 4. The van der Waals surface area contributed by atoms with Gasteiger partial charge in [-0.3, -0.25) is 0 Å². The summed E-state index contributed by atoms with van der Waals surface area (Å²) in [6.07, 6.45) is 1.99. The Bertz CT molecular complexity index is 2640. The molecule has 0 saturated carbocycles. The number of fused-ring (bicyclic) bond motifs is 8. The number of aromatic nitrogens is 3. The van der Waals surface area contributed by atoms with E-state index in [4.69, 9.17) is 0 Å². The Balaban J connectivity index is 1.50. The zero-order valence-corrected chi connectivity index (χ0v) is 25.1. The Morgan fingerprint density at radius 1 is 0.400 bits per heavy atom. The summed E-state index contributed by atoms with van der Waals surface area (Å²) in [5, 5.41) is 4.50. The molecule has 0 spiro atoms. The molecule has 4 nitrogen and oxygen atoms in total. The third kappa shape index (κ3) is 5.04. The van der Waals surface area contributed by atoms with Crippen LogP contribution in [0.2, 0.25) is 0 Å². The minimum absolute atomic E-state index is 0.0511. The summed E-state index contributed by atoms with van der Waals surface area (Å²) in [7, 11) is 0. The Morgan fingerprint density at radius 3 is 1.20 bits per heavy atom. The van der Waals surface area contributed by atoms with Gasteiger partial charge in [0.15, 0.2) is 52.4 Å². The van der Waals surface area contributed by atoms with E-state index in [1.807, 2.05) is 0 Å². The lowest BCUT2D eigenvalue weighted by atomic mass is 10.0. The van der Waals surface area contributed by atoms with E-state index in [1.54, 1.807) is 18.2 Å². The second-order valence-corrected chi connectivity index (χ2v) is 11.7. The maximum atomic E-state index is 14.7. The van der Waals surface area contributed by atoms with Crippen LogP contribution in [0.3, 0.4) is 0 Å². The fourth-order valence-corrected chi connectivity index (χ4v) is 6.37. The molecule has 0 radical (unpaired) electrons. The van der Waals surface area contributed by atoms with E-state index in [-0.39, 0.29) is 61.9 Å². The van der Waals surface area contributed by atoms with Gasteiger partial charge >= 0.3 is 0 Å². The zero-order valence-electron chi connectivity index (χ0n) is 25.1. The number of H-pyrrole nitrogens is 3. The van der Waals surface area contributed by atoms with Gasteiger partial charge in [-0.25, -0.2) is 39.5 Å². The van der Waals surface area contributed by atoms with Crippen molar-refractivity contribution in [2.45, 2.75) is 6.42 Å². The van der Waals surface area contributed by atoms with Crippen LogP contribution in [-0.4, -0.2) is 15.0 Å². The minimum Gasteiger partial charge on any atom is -0.357 e. The minimum atomic E-state index is -1.70. The van der Waals surface area contributed by atoms with Crippen molar-refractivity contribution in [3.8, 4) is 0 Å². The molecule has 13 heteroatoms. The van der Waals surface area contributed by atoms with Crippen molar-refractivity contribution in [2.24, 2.45) is 0 Å². The molecule has 2 aliphatic heterocycles. The van der Waals surface area contributed by atoms with Gasteiger partial charge in [-0.1, -0.05) is 6.08 Å². The van der Waals surface area contributed by atoms with Crippen molar-refractivity contribution in [1.29, 1.82) is 0 Å². The second kappa shape index (κ2) is 11.5. The van der Waals surface area contributed by atoms with E-state index in [0.717, 1.165) is 36.4 Å². The highest BCUT2D eigenvalue weighted by atomic mass is 19.2. The van der Waals surface area contributed by atoms with Gasteiger partial charge in [0.2, 0.25) is 0 Å². The van der Waals surface area contributed by atoms with Gasteiger partial charge in [0, 0.05) is 62.0 Å². The molecule has 8 rings (SSSR count). The molecule has 6 aromatic rings. The van der Waals surface area contributed by atoms with Crippen molar-refractivity contribution in [3.63, 3.8) is 0 Å². The van der Waals surface area contributed by atoms with E-state index in [1.165, 1.54) is 24.3 Å². The lowest BCUT2D eigenvalue weighted by molar-refractivity contribution is 0.446. The van der Waals surface area contributed by atoms with Crippen LogP contribution in [0.15, 0.2) is 84.6 Å². The molecule has 3 aromatic heterocycles. The number of hydrogen-bond acceptors (Lipinski definition) is 1. The summed E-state index contributed by atoms with van der Waals surface area (Å²) in [5.41, 5.74) is 1.62. The SMILES string of the molecule is Fc1cc(C2=c3ccc([nH]3)=C(c3cc(F)c(F)c(F)c3)c3ccc([nH]3)C(c3cc(F)c(F)c(F)c3)=c3ccc([nH]3)=C3CC=C2N3)cc(F)c1F. The first kappa shape index (κ1) is 31.2. The van der Waals surface area contributed by atoms with Crippen molar-refractivity contribution in [1.82, 2.24) is 20.3 Å². The summed E-state index contributed by atoms with van der Waals surface area (Å²) in [4.78, 5) is 9.42. The molecular weight excluding hydrogens is 671 g/mol. The fraction of sp³-hybridized carbons (Fsp3) is 0.0270. The van der Waals surface area contributed by atoms with E-state index in [0.29, 0.717) is 22.1 Å². The number of halogens is 9. The Hall–Kier alpha value is -6.11. The summed E-state index contributed by atoms with van der Waals surface area (Å²) >= 11 is 0. The summed E-state index contributed by atoms with van der Waals surface area (Å²) in [6, 6.07) is 14.2. The summed E-state index contributed by atoms with van der Waals surface area (Å²) < 4.78 is 130. The Labute approximate surface area is 274 Å². The molecule has 0 fully saturated rings. The van der Waals surface area contributed by atoms with E-state index >= 15 is 0 Å². The number of nitrogens with one attached hydrogen (secondary N) is 4. The number of rotatable bonds is 3. The van der Waals surface area contributed by atoms with Crippen molar-refractivity contribution in [2.75, 3.05) is 0 Å². The highest BCUT2D eigenvalue weighted by Gasteiger charge is 2.23. The largest absolute Gasteiger partial charge is 0.357 e. The topological polar surface area (TPSA) is 59.4 Å². The van der Waals surface area contributed by atoms with Crippen LogP contribution < -0.4 is 26.7 Å². The number of allylic oxidation sites excluding steroid dienone is 1. The molecule has 0 unspecified atom stereocenters. The average molecular weight is 691 g/mol. The van der Waals surface area contributed by atoms with Crippen LogP contribution in [0.4, 0.5) is 39.5 Å². The van der Waals surface area contributed by atoms with Crippen molar-refractivity contribution < 1.29 is 39.5 Å². The predicted octanol–water partition coefficient (Wildman–Crippen LogP) is 5.62. The molecule has 5 heterocycles. The second-order valence-electron chi connectivity index (χ2n) is 11.7. The van der Waals surface area contributed by atoms with Gasteiger partial charge < -0.3 is 20.3 Å². The zero-order chi connectivity index (χ0) is 35.0. The number of benzene rings is 3. The summed E-state index contributed by atoms with van der Waals surface area (Å²) in [5.74, 6) is -13.8. The lowest BCUT2D eigenvalue weighted by Gasteiger charge is -2.12. The van der Waals surface area contributed by atoms with Crippen LogP contribution in [0.1, 0.15) is 34.5 Å². The predicted molar refractivity (Wildman–Crippen MR) is 165 cm³/mol. The van der Waals surface area contributed by atoms with E-state index in [9.17, 15) is 39.5 Å². The molecule has 4 N–H and O–H groups in total.